The van der Waals surface area contributed by atoms with Gasteiger partial charge >= 0.3 is 19.8 Å². The number of esters is 2. The van der Waals surface area contributed by atoms with E-state index < -0.39 is 58.4 Å². The zero-order valence-corrected chi connectivity index (χ0v) is 21.0. The van der Waals surface area contributed by atoms with Crippen LogP contribution in [-0.4, -0.2) is 65.7 Å². The average Bonchev–Trinajstić information content (AvgIpc) is 2.79. The van der Waals surface area contributed by atoms with E-state index >= 15 is 0 Å². The summed E-state index contributed by atoms with van der Waals surface area (Å²) in [6, 6.07) is 0. The first-order valence-corrected chi connectivity index (χ1v) is 13.5. The molecule has 0 aliphatic carbocycles. The lowest BCUT2D eigenvalue weighted by atomic mass is 10.1. The lowest BCUT2D eigenvalue weighted by Gasteiger charge is -2.20. The minimum absolute atomic E-state index is 0.187. The molecule has 0 aromatic rings. The van der Waals surface area contributed by atoms with Crippen LogP contribution in [0.2, 0.25) is 0 Å². The van der Waals surface area contributed by atoms with Crippen LogP contribution < -0.4 is 0 Å². The zero-order chi connectivity index (χ0) is 25.0. The molecule has 0 saturated carbocycles. The van der Waals surface area contributed by atoms with E-state index in [1.54, 1.807) is 0 Å². The Morgan fingerprint density at radius 3 is 1.45 bits per heavy atom. The van der Waals surface area contributed by atoms with Crippen molar-refractivity contribution in [2.24, 2.45) is 0 Å². The van der Waals surface area contributed by atoms with Gasteiger partial charge in [0.1, 0.15) is 12.2 Å². The molecular weight excluding hydrogens is 455 g/mol. The number of phosphoric ester groups is 1. The maximum atomic E-state index is 12.0. The number of hydrogen-bond acceptors (Lipinski definition) is 9. The predicted molar refractivity (Wildman–Crippen MR) is 122 cm³/mol. The summed E-state index contributed by atoms with van der Waals surface area (Å²) in [5.41, 5.74) is 0. The van der Waals surface area contributed by atoms with E-state index in [1.807, 2.05) is 0 Å². The quantitative estimate of drug-likeness (QED) is 0.115. The highest BCUT2D eigenvalue weighted by Crippen LogP contribution is 2.43. The molecule has 3 unspecified atom stereocenters. The van der Waals surface area contributed by atoms with Gasteiger partial charge in [0, 0.05) is 12.8 Å². The average molecular weight is 499 g/mol. The van der Waals surface area contributed by atoms with Gasteiger partial charge in [0.15, 0.2) is 0 Å². The highest BCUT2D eigenvalue weighted by Gasteiger charge is 2.27. The summed E-state index contributed by atoms with van der Waals surface area (Å²) in [7, 11) is -4.59. The summed E-state index contributed by atoms with van der Waals surface area (Å²) in [6.45, 7) is 1.91. The molecule has 0 bridgehead atoms. The maximum absolute atomic E-state index is 12.0. The number of unbranched alkanes of at least 4 members (excludes halogenated alkanes) is 8. The second-order valence-corrected chi connectivity index (χ2v) is 9.43. The highest BCUT2D eigenvalue weighted by molar-refractivity contribution is 7.47. The third kappa shape index (κ3) is 19.0. The van der Waals surface area contributed by atoms with Gasteiger partial charge in [-0.15, -0.1) is 0 Å². The summed E-state index contributed by atoms with van der Waals surface area (Å²) in [6.07, 6.45) is 7.79. The summed E-state index contributed by atoms with van der Waals surface area (Å²) in [5.74, 6) is -1.05. The standard InChI is InChI=1S/C22H43O10P/c1-3-5-7-9-10-12-14-22(26)32-20(16-24)18-30-33(27,28)29-17-19(15-23)31-21(25)13-11-8-6-4-2/h19-20,23-24H,3-18H2,1-2H3,(H,27,28). The number of carbonyl (C=O) groups is 2. The van der Waals surface area contributed by atoms with E-state index in [1.165, 1.54) is 0 Å². The van der Waals surface area contributed by atoms with Crippen LogP contribution in [0.15, 0.2) is 0 Å². The van der Waals surface area contributed by atoms with E-state index in [4.69, 9.17) is 18.5 Å². The van der Waals surface area contributed by atoms with Crippen molar-refractivity contribution in [2.75, 3.05) is 26.4 Å². The Bertz CT molecular complexity index is 557. The van der Waals surface area contributed by atoms with Crippen molar-refractivity contribution in [3.63, 3.8) is 0 Å². The van der Waals surface area contributed by atoms with Crippen molar-refractivity contribution in [1.82, 2.24) is 0 Å². The molecule has 0 amide bonds. The minimum Gasteiger partial charge on any atom is -0.457 e. The summed E-state index contributed by atoms with van der Waals surface area (Å²) in [5, 5.41) is 18.6. The monoisotopic (exact) mass is 498 g/mol. The van der Waals surface area contributed by atoms with Crippen LogP contribution in [0.25, 0.3) is 0 Å². The molecule has 3 atom stereocenters. The van der Waals surface area contributed by atoms with E-state index in [0.717, 1.165) is 51.4 Å². The molecular formula is C22H43O10P. The summed E-state index contributed by atoms with van der Waals surface area (Å²) < 4.78 is 31.7. The van der Waals surface area contributed by atoms with Crippen LogP contribution in [0.4, 0.5) is 0 Å². The number of aliphatic hydroxyl groups excluding tert-OH is 2. The van der Waals surface area contributed by atoms with Gasteiger partial charge in [0.05, 0.1) is 26.4 Å². The van der Waals surface area contributed by atoms with E-state index in [9.17, 15) is 29.3 Å². The van der Waals surface area contributed by atoms with Gasteiger partial charge < -0.3 is 24.6 Å². The fourth-order valence-electron chi connectivity index (χ4n) is 2.88. The second kappa shape index (κ2) is 20.4. The van der Waals surface area contributed by atoms with Gasteiger partial charge in [0.2, 0.25) is 0 Å². The Balaban J connectivity index is 4.23. The van der Waals surface area contributed by atoms with Crippen LogP contribution in [-0.2, 0) is 32.7 Å². The molecule has 0 fully saturated rings. The number of aliphatic hydroxyl groups is 2. The molecule has 3 N–H and O–H groups in total. The minimum atomic E-state index is -4.59. The molecule has 11 heteroatoms. The Labute approximate surface area is 197 Å². The van der Waals surface area contributed by atoms with Crippen molar-refractivity contribution in [2.45, 2.75) is 103 Å². The first-order valence-electron chi connectivity index (χ1n) is 12.0. The Hall–Kier alpha value is -1.03. The van der Waals surface area contributed by atoms with Gasteiger partial charge in [-0.3, -0.25) is 18.6 Å². The zero-order valence-electron chi connectivity index (χ0n) is 20.1. The highest BCUT2D eigenvalue weighted by atomic mass is 31.2. The van der Waals surface area contributed by atoms with E-state index in [0.29, 0.717) is 12.8 Å². The van der Waals surface area contributed by atoms with E-state index in [2.05, 4.69) is 13.8 Å². The molecule has 0 aromatic carbocycles. The van der Waals surface area contributed by atoms with Crippen molar-refractivity contribution < 1.29 is 47.8 Å². The van der Waals surface area contributed by atoms with Gasteiger partial charge in [-0.05, 0) is 12.8 Å². The normalized spacial score (nSPS) is 14.9. The van der Waals surface area contributed by atoms with Crippen molar-refractivity contribution in [3.8, 4) is 0 Å². The van der Waals surface area contributed by atoms with Crippen molar-refractivity contribution >= 4 is 19.8 Å². The molecule has 10 nitrogen and oxygen atoms in total. The number of rotatable bonds is 22. The molecule has 33 heavy (non-hydrogen) atoms. The number of hydrogen-bond donors (Lipinski definition) is 3. The first-order chi connectivity index (χ1) is 15.8. The van der Waals surface area contributed by atoms with Crippen molar-refractivity contribution in [1.29, 1.82) is 0 Å². The molecule has 0 saturated heterocycles. The fourth-order valence-corrected chi connectivity index (χ4v) is 3.66. The van der Waals surface area contributed by atoms with Crippen LogP contribution in [0.1, 0.15) is 90.9 Å². The lowest BCUT2D eigenvalue weighted by Crippen LogP contribution is -2.28. The van der Waals surface area contributed by atoms with Gasteiger partial charge in [-0.2, -0.15) is 0 Å². The summed E-state index contributed by atoms with van der Waals surface area (Å²) in [4.78, 5) is 33.4. The van der Waals surface area contributed by atoms with Crippen LogP contribution >= 0.6 is 7.82 Å². The largest absolute Gasteiger partial charge is 0.472 e. The molecule has 0 heterocycles. The first kappa shape index (κ1) is 32.0. The number of ether oxygens (including phenoxy) is 2. The molecule has 196 valence electrons. The smallest absolute Gasteiger partial charge is 0.457 e. The lowest BCUT2D eigenvalue weighted by molar-refractivity contribution is -0.153. The SMILES string of the molecule is CCCCCCCCC(=O)OC(CO)COP(=O)(O)OCC(CO)OC(=O)CCCCCC. The third-order valence-corrected chi connectivity index (χ3v) is 5.77. The molecule has 0 aromatic heterocycles. The fraction of sp³-hybridized carbons (Fsp3) is 0.909. The topological polar surface area (TPSA) is 149 Å². The Morgan fingerprint density at radius 1 is 0.697 bits per heavy atom. The second-order valence-electron chi connectivity index (χ2n) is 7.98. The van der Waals surface area contributed by atoms with Crippen molar-refractivity contribution in [3.05, 3.63) is 0 Å². The maximum Gasteiger partial charge on any atom is 0.472 e. The Kier molecular flexibility index (Phi) is 19.7. The van der Waals surface area contributed by atoms with Gasteiger partial charge in [-0.1, -0.05) is 65.2 Å². The molecule has 0 radical (unpaired) electrons. The number of carbonyl (C=O) groups excluding carboxylic acids is 2. The molecule has 0 rings (SSSR count). The van der Waals surface area contributed by atoms with Crippen LogP contribution in [0.3, 0.4) is 0 Å². The van der Waals surface area contributed by atoms with Gasteiger partial charge in [-0.25, -0.2) is 4.57 Å². The predicted octanol–water partition coefficient (Wildman–Crippen LogP) is 3.65. The third-order valence-electron chi connectivity index (χ3n) is 4.82. The van der Waals surface area contributed by atoms with Crippen LogP contribution in [0.5, 0.6) is 0 Å². The molecule has 0 aliphatic heterocycles. The Morgan fingerprint density at radius 2 is 1.06 bits per heavy atom. The van der Waals surface area contributed by atoms with Crippen LogP contribution in [0, 0.1) is 0 Å². The molecule has 0 spiro atoms. The number of phosphoric acid groups is 1. The molecule has 0 aliphatic rings. The van der Waals surface area contributed by atoms with Gasteiger partial charge in [0.25, 0.3) is 0 Å². The van der Waals surface area contributed by atoms with E-state index in [-0.39, 0.29) is 12.8 Å². The summed E-state index contributed by atoms with van der Waals surface area (Å²) >= 11 is 0.